The van der Waals surface area contributed by atoms with E-state index >= 15 is 0 Å². The van der Waals surface area contributed by atoms with E-state index in [4.69, 9.17) is 11.6 Å². The third-order valence-electron chi connectivity index (χ3n) is 1.79. The first-order valence-electron chi connectivity index (χ1n) is 4.56. The highest BCUT2D eigenvalue weighted by molar-refractivity contribution is 9.10. The van der Waals surface area contributed by atoms with Crippen LogP contribution in [0.2, 0.25) is 5.15 Å². The minimum absolute atomic E-state index is 0.138. The van der Waals surface area contributed by atoms with Crippen LogP contribution < -0.4 is 5.32 Å². The molecule has 0 fully saturated rings. The molecule has 5 nitrogen and oxygen atoms in total. The quantitative estimate of drug-likeness (QED) is 0.865. The minimum Gasteiger partial charge on any atom is -0.305 e. The number of hydrogen-bond acceptors (Lipinski definition) is 4. The van der Waals surface area contributed by atoms with Gasteiger partial charge in [-0.2, -0.15) is 0 Å². The van der Waals surface area contributed by atoms with E-state index in [1.807, 2.05) is 0 Å². The monoisotopic (exact) mass is 312 g/mol. The lowest BCUT2D eigenvalue weighted by molar-refractivity contribution is 0.102. The van der Waals surface area contributed by atoms with Crippen molar-refractivity contribution in [1.82, 2.24) is 15.0 Å². The Balaban J connectivity index is 2.17. The van der Waals surface area contributed by atoms with E-state index in [1.165, 1.54) is 12.4 Å². The first-order chi connectivity index (χ1) is 8.15. The van der Waals surface area contributed by atoms with Gasteiger partial charge in [0.15, 0.2) is 0 Å². The van der Waals surface area contributed by atoms with Crippen molar-refractivity contribution in [3.63, 3.8) is 0 Å². The third kappa shape index (κ3) is 3.21. The highest BCUT2D eigenvalue weighted by Crippen LogP contribution is 2.11. The molecule has 2 rings (SSSR count). The Labute approximate surface area is 110 Å². The fourth-order valence-corrected chi connectivity index (χ4v) is 1.60. The fourth-order valence-electron chi connectivity index (χ4n) is 1.11. The summed E-state index contributed by atoms with van der Waals surface area (Å²) in [6.07, 6.45) is 2.69. The normalized spacial score (nSPS) is 10.0. The van der Waals surface area contributed by atoms with Crippen LogP contribution in [0.25, 0.3) is 0 Å². The Morgan fingerprint density at radius 1 is 1.29 bits per heavy atom. The zero-order chi connectivity index (χ0) is 12.3. The first-order valence-corrected chi connectivity index (χ1v) is 5.74. The SMILES string of the molecule is O=C(Nc1cccc(Br)n1)c1cncc(Cl)n1. The summed E-state index contributed by atoms with van der Waals surface area (Å²) in [5.41, 5.74) is 0.138. The van der Waals surface area contributed by atoms with Crippen LogP contribution in [0.5, 0.6) is 0 Å². The molecule has 2 aromatic heterocycles. The van der Waals surface area contributed by atoms with Crippen LogP contribution in [0, 0.1) is 0 Å². The summed E-state index contributed by atoms with van der Waals surface area (Å²) in [5, 5.41) is 2.75. The average Bonchev–Trinajstić information content (AvgIpc) is 2.29. The molecule has 0 atom stereocenters. The maximum atomic E-state index is 11.8. The maximum Gasteiger partial charge on any atom is 0.277 e. The lowest BCUT2D eigenvalue weighted by Gasteiger charge is -2.03. The van der Waals surface area contributed by atoms with Gasteiger partial charge in [0, 0.05) is 0 Å². The van der Waals surface area contributed by atoms with Gasteiger partial charge in [0.05, 0.1) is 12.4 Å². The summed E-state index contributed by atoms with van der Waals surface area (Å²) in [6.45, 7) is 0. The van der Waals surface area contributed by atoms with Crippen LogP contribution in [0.4, 0.5) is 5.82 Å². The van der Waals surface area contributed by atoms with Crippen molar-refractivity contribution in [2.24, 2.45) is 0 Å². The van der Waals surface area contributed by atoms with E-state index in [1.54, 1.807) is 18.2 Å². The highest BCUT2D eigenvalue weighted by atomic mass is 79.9. The summed E-state index contributed by atoms with van der Waals surface area (Å²) in [6, 6.07) is 5.19. The smallest absolute Gasteiger partial charge is 0.277 e. The molecule has 0 aliphatic carbocycles. The van der Waals surface area contributed by atoms with E-state index in [0.29, 0.717) is 10.4 Å². The fraction of sp³-hybridized carbons (Fsp3) is 0. The number of pyridine rings is 1. The number of halogens is 2. The van der Waals surface area contributed by atoms with Crippen LogP contribution in [-0.2, 0) is 0 Å². The molecule has 0 unspecified atom stereocenters. The molecule has 2 aromatic rings. The topological polar surface area (TPSA) is 67.8 Å². The Kier molecular flexibility index (Phi) is 3.65. The molecule has 0 saturated heterocycles. The molecular formula is C10H6BrClN4O. The second kappa shape index (κ2) is 5.20. The van der Waals surface area contributed by atoms with Crippen LogP contribution in [-0.4, -0.2) is 20.9 Å². The summed E-state index contributed by atoms with van der Waals surface area (Å²) in [5.74, 6) is 0.0109. The van der Waals surface area contributed by atoms with Crippen molar-refractivity contribution in [2.75, 3.05) is 5.32 Å². The van der Waals surface area contributed by atoms with Crippen LogP contribution in [0.15, 0.2) is 35.2 Å². The molecule has 0 radical (unpaired) electrons. The van der Waals surface area contributed by atoms with Gasteiger partial charge < -0.3 is 5.32 Å². The minimum atomic E-state index is -0.411. The zero-order valence-electron chi connectivity index (χ0n) is 8.39. The zero-order valence-corrected chi connectivity index (χ0v) is 10.7. The molecule has 0 aromatic carbocycles. The number of amides is 1. The van der Waals surface area contributed by atoms with E-state index in [0.717, 1.165) is 0 Å². The molecule has 17 heavy (non-hydrogen) atoms. The summed E-state index contributed by atoms with van der Waals surface area (Å²) < 4.78 is 0.632. The van der Waals surface area contributed by atoms with Gasteiger partial charge in [0.25, 0.3) is 5.91 Å². The summed E-state index contributed by atoms with van der Waals surface area (Å²) in [4.78, 5) is 23.4. The molecule has 2 heterocycles. The number of rotatable bonds is 2. The number of carbonyl (C=O) groups excluding carboxylic acids is 1. The van der Waals surface area contributed by atoms with Gasteiger partial charge >= 0.3 is 0 Å². The molecule has 0 bridgehead atoms. The predicted octanol–water partition coefficient (Wildman–Crippen LogP) is 2.54. The molecule has 0 aliphatic heterocycles. The van der Waals surface area contributed by atoms with E-state index < -0.39 is 5.91 Å². The van der Waals surface area contributed by atoms with Crippen molar-refractivity contribution in [3.8, 4) is 0 Å². The molecule has 1 amide bonds. The number of nitrogens with one attached hydrogen (secondary N) is 1. The Hall–Kier alpha value is -1.53. The van der Waals surface area contributed by atoms with Gasteiger partial charge in [-0.25, -0.2) is 9.97 Å². The third-order valence-corrected chi connectivity index (χ3v) is 2.42. The lowest BCUT2D eigenvalue weighted by Crippen LogP contribution is -2.14. The maximum absolute atomic E-state index is 11.8. The standard InChI is InChI=1S/C10H6BrClN4O/c11-7-2-1-3-9(15-7)16-10(17)6-4-13-5-8(12)14-6/h1-5H,(H,15,16,17). The Bertz CT molecular complexity index is 564. The molecule has 7 heteroatoms. The second-order valence-corrected chi connectivity index (χ2v) is 4.23. The molecule has 0 saturated carbocycles. The molecule has 1 N–H and O–H groups in total. The van der Waals surface area contributed by atoms with E-state index in [2.05, 4.69) is 36.2 Å². The number of hydrogen-bond donors (Lipinski definition) is 1. The van der Waals surface area contributed by atoms with Gasteiger partial charge in [-0.05, 0) is 28.1 Å². The number of nitrogens with zero attached hydrogens (tertiary/aromatic N) is 3. The van der Waals surface area contributed by atoms with Crippen molar-refractivity contribution in [3.05, 3.63) is 46.0 Å². The van der Waals surface area contributed by atoms with Crippen molar-refractivity contribution in [1.29, 1.82) is 0 Å². The lowest BCUT2D eigenvalue weighted by atomic mass is 10.4. The Morgan fingerprint density at radius 2 is 2.12 bits per heavy atom. The predicted molar refractivity (Wildman–Crippen MR) is 66.9 cm³/mol. The van der Waals surface area contributed by atoms with E-state index in [-0.39, 0.29) is 10.8 Å². The van der Waals surface area contributed by atoms with Gasteiger partial charge in [-0.1, -0.05) is 17.7 Å². The average molecular weight is 314 g/mol. The van der Waals surface area contributed by atoms with Crippen LogP contribution >= 0.6 is 27.5 Å². The number of carbonyl (C=O) groups is 1. The first kappa shape index (κ1) is 11.9. The Morgan fingerprint density at radius 3 is 2.82 bits per heavy atom. The number of aromatic nitrogens is 3. The largest absolute Gasteiger partial charge is 0.305 e. The molecule has 0 spiro atoms. The molecular weight excluding hydrogens is 307 g/mol. The summed E-state index contributed by atoms with van der Waals surface area (Å²) in [7, 11) is 0. The summed E-state index contributed by atoms with van der Waals surface area (Å²) >= 11 is 8.85. The van der Waals surface area contributed by atoms with E-state index in [9.17, 15) is 4.79 Å². The van der Waals surface area contributed by atoms with Crippen molar-refractivity contribution in [2.45, 2.75) is 0 Å². The number of anilines is 1. The van der Waals surface area contributed by atoms with Gasteiger partial charge in [0.2, 0.25) is 0 Å². The van der Waals surface area contributed by atoms with Gasteiger partial charge in [0.1, 0.15) is 21.3 Å². The second-order valence-electron chi connectivity index (χ2n) is 3.03. The van der Waals surface area contributed by atoms with Crippen LogP contribution in [0.1, 0.15) is 10.5 Å². The van der Waals surface area contributed by atoms with Gasteiger partial charge in [-0.3, -0.25) is 9.78 Å². The highest BCUT2D eigenvalue weighted by Gasteiger charge is 2.09. The van der Waals surface area contributed by atoms with Gasteiger partial charge in [-0.15, -0.1) is 0 Å². The van der Waals surface area contributed by atoms with Crippen molar-refractivity contribution >= 4 is 39.3 Å². The molecule has 86 valence electrons. The van der Waals surface area contributed by atoms with Crippen molar-refractivity contribution < 1.29 is 4.79 Å². The molecule has 0 aliphatic rings. The van der Waals surface area contributed by atoms with Crippen LogP contribution in [0.3, 0.4) is 0 Å².